The van der Waals surface area contributed by atoms with E-state index < -0.39 is 0 Å². The molecule has 1 aromatic rings. The van der Waals surface area contributed by atoms with Gasteiger partial charge in [-0.05, 0) is 46.6 Å². The molecule has 4 heteroatoms. The highest BCUT2D eigenvalue weighted by Crippen LogP contribution is 2.39. The van der Waals surface area contributed by atoms with Gasteiger partial charge in [-0.25, -0.2) is 0 Å². The van der Waals surface area contributed by atoms with Crippen LogP contribution in [0, 0.1) is 0 Å². The van der Waals surface area contributed by atoms with E-state index in [1.54, 1.807) is 0 Å². The van der Waals surface area contributed by atoms with E-state index in [0.29, 0.717) is 6.79 Å². The quantitative estimate of drug-likeness (QED) is 0.855. The summed E-state index contributed by atoms with van der Waals surface area (Å²) in [7, 11) is 0. The van der Waals surface area contributed by atoms with Crippen LogP contribution in [-0.2, 0) is 6.54 Å². The van der Waals surface area contributed by atoms with Crippen LogP contribution in [0.3, 0.4) is 0 Å². The van der Waals surface area contributed by atoms with E-state index in [9.17, 15) is 0 Å². The largest absolute Gasteiger partial charge is 0.454 e. The summed E-state index contributed by atoms with van der Waals surface area (Å²) in [6.07, 6.45) is 1.14. The summed E-state index contributed by atoms with van der Waals surface area (Å²) in [5, 5.41) is 3.35. The standard InChI is InChI=1S/C11H14BrNO2/c1-2-3-13-6-8-4-9(12)11-10(5-8)14-7-15-11/h4-5,13H,2-3,6-7H2,1H3. The van der Waals surface area contributed by atoms with Gasteiger partial charge in [0.15, 0.2) is 11.5 Å². The van der Waals surface area contributed by atoms with Crippen LogP contribution in [0.1, 0.15) is 18.9 Å². The molecule has 1 aliphatic rings. The van der Waals surface area contributed by atoms with Crippen LogP contribution in [0.5, 0.6) is 11.5 Å². The minimum absolute atomic E-state index is 0.319. The number of rotatable bonds is 4. The molecule has 0 aromatic heterocycles. The van der Waals surface area contributed by atoms with E-state index >= 15 is 0 Å². The fourth-order valence-electron chi connectivity index (χ4n) is 1.53. The van der Waals surface area contributed by atoms with Gasteiger partial charge >= 0.3 is 0 Å². The van der Waals surface area contributed by atoms with Gasteiger partial charge in [-0.15, -0.1) is 0 Å². The molecule has 1 aliphatic heterocycles. The zero-order valence-electron chi connectivity index (χ0n) is 8.68. The van der Waals surface area contributed by atoms with Gasteiger partial charge in [0.2, 0.25) is 6.79 Å². The molecule has 0 bridgehead atoms. The second-order valence-electron chi connectivity index (χ2n) is 3.49. The number of halogens is 1. The van der Waals surface area contributed by atoms with Crippen molar-refractivity contribution in [2.24, 2.45) is 0 Å². The Kier molecular flexibility index (Phi) is 3.49. The van der Waals surface area contributed by atoms with Crippen LogP contribution in [0.25, 0.3) is 0 Å². The summed E-state index contributed by atoms with van der Waals surface area (Å²) in [6, 6.07) is 4.09. The predicted octanol–water partition coefficient (Wildman–Crippen LogP) is 2.68. The molecule has 0 amide bonds. The van der Waals surface area contributed by atoms with E-state index in [-0.39, 0.29) is 0 Å². The van der Waals surface area contributed by atoms with Crippen LogP contribution >= 0.6 is 15.9 Å². The smallest absolute Gasteiger partial charge is 0.231 e. The number of hydrogen-bond donors (Lipinski definition) is 1. The summed E-state index contributed by atoms with van der Waals surface area (Å²) >= 11 is 3.47. The lowest BCUT2D eigenvalue weighted by molar-refractivity contribution is 0.173. The molecular weight excluding hydrogens is 258 g/mol. The summed E-state index contributed by atoms with van der Waals surface area (Å²) in [6.45, 7) is 4.37. The highest BCUT2D eigenvalue weighted by molar-refractivity contribution is 9.10. The van der Waals surface area contributed by atoms with Gasteiger partial charge in [0, 0.05) is 6.54 Å². The third-order valence-electron chi connectivity index (χ3n) is 2.24. The molecule has 3 nitrogen and oxygen atoms in total. The normalized spacial score (nSPS) is 13.2. The average molecular weight is 272 g/mol. The number of ether oxygens (including phenoxy) is 2. The second-order valence-corrected chi connectivity index (χ2v) is 4.34. The maximum Gasteiger partial charge on any atom is 0.231 e. The highest BCUT2D eigenvalue weighted by Gasteiger charge is 2.17. The number of hydrogen-bond acceptors (Lipinski definition) is 3. The number of benzene rings is 1. The van der Waals surface area contributed by atoms with Crippen molar-refractivity contribution in [3.8, 4) is 11.5 Å². The first-order valence-electron chi connectivity index (χ1n) is 5.10. The third-order valence-corrected chi connectivity index (χ3v) is 2.83. The molecule has 1 aromatic carbocycles. The van der Waals surface area contributed by atoms with E-state index in [1.807, 2.05) is 6.07 Å². The fourth-order valence-corrected chi connectivity index (χ4v) is 2.14. The van der Waals surface area contributed by atoms with Crippen molar-refractivity contribution in [3.63, 3.8) is 0 Å². The summed E-state index contributed by atoms with van der Waals surface area (Å²) < 4.78 is 11.6. The molecule has 0 saturated heterocycles. The van der Waals surface area contributed by atoms with Crippen LogP contribution in [0.15, 0.2) is 16.6 Å². The number of nitrogens with one attached hydrogen (secondary N) is 1. The highest BCUT2D eigenvalue weighted by atomic mass is 79.9. The SMILES string of the molecule is CCCNCc1cc(Br)c2c(c1)OCO2. The Balaban J connectivity index is 2.09. The minimum Gasteiger partial charge on any atom is -0.454 e. The van der Waals surface area contributed by atoms with E-state index in [1.165, 1.54) is 5.56 Å². The maximum atomic E-state index is 5.35. The molecular formula is C11H14BrNO2. The molecule has 0 radical (unpaired) electrons. The van der Waals surface area contributed by atoms with Crippen LogP contribution in [-0.4, -0.2) is 13.3 Å². The van der Waals surface area contributed by atoms with Gasteiger partial charge in [-0.3, -0.25) is 0 Å². The lowest BCUT2D eigenvalue weighted by Crippen LogP contribution is -2.13. The average Bonchev–Trinajstić information content (AvgIpc) is 2.66. The van der Waals surface area contributed by atoms with Crippen LogP contribution in [0.4, 0.5) is 0 Å². The summed E-state index contributed by atoms with van der Waals surface area (Å²) in [4.78, 5) is 0. The first-order chi connectivity index (χ1) is 7.31. The molecule has 0 unspecified atom stereocenters. The lowest BCUT2D eigenvalue weighted by Gasteiger charge is -2.06. The first-order valence-corrected chi connectivity index (χ1v) is 5.89. The Morgan fingerprint density at radius 1 is 1.40 bits per heavy atom. The minimum atomic E-state index is 0.319. The van der Waals surface area contributed by atoms with Gasteiger partial charge in [0.1, 0.15) is 0 Å². The van der Waals surface area contributed by atoms with Crippen molar-refractivity contribution in [3.05, 3.63) is 22.2 Å². The Hall–Kier alpha value is -0.740. The molecule has 0 spiro atoms. The third kappa shape index (κ3) is 2.44. The monoisotopic (exact) mass is 271 g/mol. The van der Waals surface area contributed by atoms with Gasteiger partial charge in [-0.1, -0.05) is 6.92 Å². The predicted molar refractivity (Wildman–Crippen MR) is 62.3 cm³/mol. The van der Waals surface area contributed by atoms with Crippen LogP contribution in [0.2, 0.25) is 0 Å². The molecule has 0 saturated carbocycles. The van der Waals surface area contributed by atoms with Crippen molar-refractivity contribution in [1.29, 1.82) is 0 Å². The second kappa shape index (κ2) is 4.86. The van der Waals surface area contributed by atoms with Crippen molar-refractivity contribution >= 4 is 15.9 Å². The molecule has 0 atom stereocenters. The van der Waals surface area contributed by atoms with Crippen molar-refractivity contribution in [2.75, 3.05) is 13.3 Å². The Labute approximate surface area is 97.9 Å². The van der Waals surface area contributed by atoms with Gasteiger partial charge in [0.25, 0.3) is 0 Å². The molecule has 1 heterocycles. The molecule has 15 heavy (non-hydrogen) atoms. The van der Waals surface area contributed by atoms with E-state index in [2.05, 4.69) is 34.2 Å². The molecule has 0 fully saturated rings. The van der Waals surface area contributed by atoms with E-state index in [4.69, 9.17) is 9.47 Å². The summed E-state index contributed by atoms with van der Waals surface area (Å²) in [5.41, 5.74) is 1.21. The first kappa shape index (κ1) is 10.8. The Morgan fingerprint density at radius 3 is 3.07 bits per heavy atom. The van der Waals surface area contributed by atoms with Crippen LogP contribution < -0.4 is 14.8 Å². The topological polar surface area (TPSA) is 30.5 Å². The Morgan fingerprint density at radius 2 is 2.27 bits per heavy atom. The zero-order chi connectivity index (χ0) is 10.7. The van der Waals surface area contributed by atoms with Gasteiger partial charge in [0.05, 0.1) is 4.47 Å². The molecule has 2 rings (SSSR count). The molecule has 1 N–H and O–H groups in total. The van der Waals surface area contributed by atoms with Crippen molar-refractivity contribution in [2.45, 2.75) is 19.9 Å². The summed E-state index contributed by atoms with van der Waals surface area (Å²) in [5.74, 6) is 1.65. The maximum absolute atomic E-state index is 5.35. The van der Waals surface area contributed by atoms with Crippen molar-refractivity contribution < 1.29 is 9.47 Å². The molecule has 82 valence electrons. The Bertz CT molecular complexity index is 355. The lowest BCUT2D eigenvalue weighted by atomic mass is 10.2. The van der Waals surface area contributed by atoms with Gasteiger partial charge < -0.3 is 14.8 Å². The number of fused-ring (bicyclic) bond motifs is 1. The van der Waals surface area contributed by atoms with Crippen molar-refractivity contribution in [1.82, 2.24) is 5.32 Å². The molecule has 0 aliphatic carbocycles. The van der Waals surface area contributed by atoms with Gasteiger partial charge in [-0.2, -0.15) is 0 Å². The fraction of sp³-hybridized carbons (Fsp3) is 0.455. The van der Waals surface area contributed by atoms with E-state index in [0.717, 1.165) is 35.5 Å². The zero-order valence-corrected chi connectivity index (χ0v) is 10.3.